The predicted octanol–water partition coefficient (Wildman–Crippen LogP) is -1.08. The lowest BCUT2D eigenvalue weighted by Crippen LogP contribution is -2.41. The summed E-state index contributed by atoms with van der Waals surface area (Å²) in [6, 6.07) is 1.55. The van der Waals surface area contributed by atoms with E-state index in [0.717, 1.165) is 0 Å². The van der Waals surface area contributed by atoms with Crippen LogP contribution in [-0.4, -0.2) is 37.6 Å². The van der Waals surface area contributed by atoms with Crippen LogP contribution in [0.5, 0.6) is 0 Å². The fourth-order valence-electron chi connectivity index (χ4n) is 1.22. The number of esters is 1. The zero-order valence-corrected chi connectivity index (χ0v) is 8.28. The first-order valence-electron chi connectivity index (χ1n) is 4.77. The highest BCUT2D eigenvalue weighted by Crippen LogP contribution is 2.04. The normalized spacial score (nSPS) is 19.4. The van der Waals surface area contributed by atoms with E-state index in [9.17, 15) is 9.59 Å². The third-order valence-electron chi connectivity index (χ3n) is 2.00. The zero-order chi connectivity index (χ0) is 11.1. The molecule has 0 aliphatic carbocycles. The second kappa shape index (κ2) is 5.98. The first-order valence-corrected chi connectivity index (χ1v) is 4.77. The topological polar surface area (TPSA) is 91.2 Å². The Kier molecular flexibility index (Phi) is 4.57. The van der Waals surface area contributed by atoms with Gasteiger partial charge in [-0.05, 0) is 0 Å². The van der Waals surface area contributed by atoms with E-state index in [4.69, 9.17) is 10.00 Å². The van der Waals surface area contributed by atoms with Crippen molar-refractivity contribution >= 4 is 11.9 Å². The number of nitriles is 1. The standard InChI is InChI=1S/C9H13N3O3/c10-3-1-4-11-8(13)6-12-7-2-5-15-9(7)14/h7,12H,1-2,4-6H2,(H,11,13). The molecule has 1 heterocycles. The number of rotatable bonds is 5. The Morgan fingerprint density at radius 1 is 1.67 bits per heavy atom. The summed E-state index contributed by atoms with van der Waals surface area (Å²) in [5.74, 6) is -0.523. The molecule has 6 heteroatoms. The maximum absolute atomic E-state index is 11.1. The van der Waals surface area contributed by atoms with Gasteiger partial charge in [0, 0.05) is 13.0 Å². The minimum absolute atomic E-state index is 0.0746. The molecule has 1 fully saturated rings. The molecule has 0 radical (unpaired) electrons. The van der Waals surface area contributed by atoms with Gasteiger partial charge in [-0.25, -0.2) is 0 Å². The summed E-state index contributed by atoms with van der Waals surface area (Å²) in [5.41, 5.74) is 0. The Bertz CT molecular complexity index is 285. The van der Waals surface area contributed by atoms with Gasteiger partial charge in [-0.2, -0.15) is 5.26 Å². The van der Waals surface area contributed by atoms with Crippen LogP contribution in [0.1, 0.15) is 12.8 Å². The van der Waals surface area contributed by atoms with E-state index in [1.165, 1.54) is 0 Å². The van der Waals surface area contributed by atoms with Gasteiger partial charge in [0.2, 0.25) is 5.91 Å². The third-order valence-corrected chi connectivity index (χ3v) is 2.00. The van der Waals surface area contributed by atoms with Crippen LogP contribution in [0.15, 0.2) is 0 Å². The van der Waals surface area contributed by atoms with Crippen molar-refractivity contribution in [3.8, 4) is 6.07 Å². The van der Waals surface area contributed by atoms with Gasteiger partial charge < -0.3 is 10.1 Å². The minimum atomic E-state index is -0.369. The highest BCUT2D eigenvalue weighted by atomic mass is 16.5. The number of carbonyl (C=O) groups excluding carboxylic acids is 2. The second-order valence-corrected chi connectivity index (χ2v) is 3.15. The fourth-order valence-corrected chi connectivity index (χ4v) is 1.22. The number of hydrogen-bond acceptors (Lipinski definition) is 5. The van der Waals surface area contributed by atoms with Crippen molar-refractivity contribution < 1.29 is 14.3 Å². The first-order chi connectivity index (χ1) is 7.24. The lowest BCUT2D eigenvalue weighted by Gasteiger charge is -2.08. The summed E-state index contributed by atoms with van der Waals surface area (Å²) in [6.07, 6.45) is 0.890. The largest absolute Gasteiger partial charge is 0.464 e. The van der Waals surface area contributed by atoms with E-state index >= 15 is 0 Å². The van der Waals surface area contributed by atoms with Crippen molar-refractivity contribution in [2.75, 3.05) is 19.7 Å². The Hall–Kier alpha value is -1.61. The van der Waals surface area contributed by atoms with Crippen molar-refractivity contribution in [3.63, 3.8) is 0 Å². The number of hydrogen-bond donors (Lipinski definition) is 2. The number of nitrogens with zero attached hydrogens (tertiary/aromatic N) is 1. The summed E-state index contributed by atoms with van der Waals surface area (Å²) in [5, 5.41) is 13.6. The van der Waals surface area contributed by atoms with Crippen molar-refractivity contribution in [2.24, 2.45) is 0 Å². The molecule has 1 atom stereocenters. The molecule has 1 unspecified atom stereocenters. The number of ether oxygens (including phenoxy) is 1. The van der Waals surface area contributed by atoms with Gasteiger partial charge in [-0.1, -0.05) is 0 Å². The number of carbonyl (C=O) groups is 2. The monoisotopic (exact) mass is 211 g/mol. The molecule has 0 aromatic carbocycles. The molecular formula is C9H13N3O3. The summed E-state index contributed by atoms with van der Waals surface area (Å²) in [4.78, 5) is 22.1. The van der Waals surface area contributed by atoms with Crippen LogP contribution in [0.4, 0.5) is 0 Å². The highest BCUT2D eigenvalue weighted by molar-refractivity contribution is 5.81. The maximum Gasteiger partial charge on any atom is 0.323 e. The van der Waals surface area contributed by atoms with E-state index < -0.39 is 0 Å². The smallest absolute Gasteiger partial charge is 0.323 e. The Labute approximate surface area is 87.6 Å². The lowest BCUT2D eigenvalue weighted by molar-refractivity contribution is -0.139. The van der Waals surface area contributed by atoms with Crippen LogP contribution in [0, 0.1) is 11.3 Å². The second-order valence-electron chi connectivity index (χ2n) is 3.15. The van der Waals surface area contributed by atoms with Crippen LogP contribution in [-0.2, 0) is 14.3 Å². The predicted molar refractivity (Wildman–Crippen MR) is 50.6 cm³/mol. The number of cyclic esters (lactones) is 1. The molecule has 2 N–H and O–H groups in total. The van der Waals surface area contributed by atoms with Crippen molar-refractivity contribution in [3.05, 3.63) is 0 Å². The lowest BCUT2D eigenvalue weighted by atomic mass is 10.2. The van der Waals surface area contributed by atoms with Gasteiger partial charge in [0.15, 0.2) is 0 Å². The van der Waals surface area contributed by atoms with Crippen LogP contribution >= 0.6 is 0 Å². The van der Waals surface area contributed by atoms with Crippen molar-refractivity contribution in [2.45, 2.75) is 18.9 Å². The van der Waals surface area contributed by atoms with Crippen LogP contribution in [0.3, 0.4) is 0 Å². The van der Waals surface area contributed by atoms with E-state index in [1.54, 1.807) is 0 Å². The van der Waals surface area contributed by atoms with Crippen molar-refractivity contribution in [1.29, 1.82) is 5.26 Å². The maximum atomic E-state index is 11.1. The average Bonchev–Trinajstić information content (AvgIpc) is 2.61. The molecule has 82 valence electrons. The summed E-state index contributed by atoms with van der Waals surface area (Å²) in [7, 11) is 0. The van der Waals surface area contributed by atoms with Gasteiger partial charge in [0.25, 0.3) is 0 Å². The third kappa shape index (κ3) is 3.95. The van der Waals surface area contributed by atoms with Crippen LogP contribution in [0.2, 0.25) is 0 Å². The molecular weight excluding hydrogens is 198 g/mol. The molecule has 1 rings (SSSR count). The molecule has 0 spiro atoms. The highest BCUT2D eigenvalue weighted by Gasteiger charge is 2.26. The number of nitrogens with one attached hydrogen (secondary N) is 2. The van der Waals surface area contributed by atoms with Crippen LogP contribution in [0.25, 0.3) is 0 Å². The van der Waals surface area contributed by atoms with Gasteiger partial charge in [-0.15, -0.1) is 0 Å². The van der Waals surface area contributed by atoms with E-state index in [0.29, 0.717) is 19.6 Å². The first kappa shape index (κ1) is 11.5. The molecule has 0 bridgehead atoms. The molecule has 1 aliphatic heterocycles. The SMILES string of the molecule is N#CCCNC(=O)CNC1CCOC1=O. The Morgan fingerprint density at radius 2 is 2.47 bits per heavy atom. The minimum Gasteiger partial charge on any atom is -0.464 e. The van der Waals surface area contributed by atoms with Crippen LogP contribution < -0.4 is 10.6 Å². The number of amides is 1. The van der Waals surface area contributed by atoms with E-state index in [-0.39, 0.29) is 30.9 Å². The average molecular weight is 211 g/mol. The summed E-state index contributed by atoms with van der Waals surface area (Å²) < 4.78 is 4.72. The molecule has 0 aromatic heterocycles. The summed E-state index contributed by atoms with van der Waals surface area (Å²) >= 11 is 0. The van der Waals surface area contributed by atoms with Gasteiger partial charge in [0.1, 0.15) is 6.04 Å². The Balaban J connectivity index is 2.11. The van der Waals surface area contributed by atoms with E-state index in [2.05, 4.69) is 10.6 Å². The Morgan fingerprint density at radius 3 is 3.07 bits per heavy atom. The molecule has 1 saturated heterocycles. The van der Waals surface area contributed by atoms with Crippen molar-refractivity contribution in [1.82, 2.24) is 10.6 Å². The fraction of sp³-hybridized carbons (Fsp3) is 0.667. The molecule has 1 aliphatic rings. The molecule has 15 heavy (non-hydrogen) atoms. The molecule has 0 saturated carbocycles. The molecule has 6 nitrogen and oxygen atoms in total. The zero-order valence-electron chi connectivity index (χ0n) is 8.28. The molecule has 0 aromatic rings. The quantitative estimate of drug-likeness (QED) is 0.446. The summed E-state index contributed by atoms with van der Waals surface area (Å²) in [6.45, 7) is 0.823. The van der Waals surface area contributed by atoms with Gasteiger partial charge in [-0.3, -0.25) is 14.9 Å². The van der Waals surface area contributed by atoms with Gasteiger partial charge >= 0.3 is 5.97 Å². The van der Waals surface area contributed by atoms with E-state index in [1.807, 2.05) is 6.07 Å². The molecule has 1 amide bonds. The van der Waals surface area contributed by atoms with Gasteiger partial charge in [0.05, 0.1) is 25.6 Å².